The number of likely N-dealkylation sites (N-methyl/N-ethyl adjacent to an activating group) is 2. The molecule has 0 radical (unpaired) electrons. The first-order chi connectivity index (χ1) is 18.1. The average molecular weight is 518 g/mol. The number of aromatic amines is 1. The number of H-pyrrole nitrogens is 1. The molecule has 0 aliphatic heterocycles. The summed E-state index contributed by atoms with van der Waals surface area (Å²) >= 11 is 0. The van der Waals surface area contributed by atoms with Crippen LogP contribution in [0.4, 0.5) is 5.82 Å². The third kappa shape index (κ3) is 7.36. The minimum Gasteiger partial charge on any atom is -0.367 e. The van der Waals surface area contributed by atoms with Crippen molar-refractivity contribution < 1.29 is 4.79 Å². The zero-order valence-corrected chi connectivity index (χ0v) is 23.2. The fraction of sp³-hybridized carbons (Fsp3) is 0.379. The van der Waals surface area contributed by atoms with Gasteiger partial charge in [0.15, 0.2) is 0 Å². The molecule has 0 atom stereocenters. The van der Waals surface area contributed by atoms with Gasteiger partial charge in [0.1, 0.15) is 5.82 Å². The van der Waals surface area contributed by atoms with Gasteiger partial charge in [-0.1, -0.05) is 24.3 Å². The summed E-state index contributed by atoms with van der Waals surface area (Å²) < 4.78 is 0. The second-order valence-corrected chi connectivity index (χ2v) is 9.92. The molecule has 0 aliphatic carbocycles. The van der Waals surface area contributed by atoms with Crippen LogP contribution < -0.4 is 21.5 Å². The molecule has 1 amide bonds. The Balaban J connectivity index is 1.93. The molecule has 2 aromatic heterocycles. The van der Waals surface area contributed by atoms with Crippen molar-refractivity contribution >= 4 is 17.9 Å². The lowest BCUT2D eigenvalue weighted by atomic mass is 10.0. The zero-order chi connectivity index (χ0) is 27.8. The lowest BCUT2D eigenvalue weighted by molar-refractivity contribution is 0.0950. The van der Waals surface area contributed by atoms with Gasteiger partial charge in [0.25, 0.3) is 11.5 Å². The van der Waals surface area contributed by atoms with Crippen molar-refractivity contribution in [2.45, 2.75) is 46.8 Å². The Hall–Kier alpha value is -3.82. The van der Waals surface area contributed by atoms with Gasteiger partial charge in [0.05, 0.1) is 11.3 Å². The second-order valence-electron chi connectivity index (χ2n) is 9.92. The molecule has 0 bridgehead atoms. The monoisotopic (exact) mass is 517 g/mol. The van der Waals surface area contributed by atoms with Gasteiger partial charge in [-0.2, -0.15) is 0 Å². The van der Waals surface area contributed by atoms with E-state index in [0.29, 0.717) is 28.2 Å². The molecule has 38 heavy (non-hydrogen) atoms. The van der Waals surface area contributed by atoms with Crippen LogP contribution in [0.5, 0.6) is 0 Å². The number of carbonyl (C=O) groups excluding carboxylic acids is 1. The molecule has 3 rings (SSSR count). The number of aromatic nitrogens is 2. The van der Waals surface area contributed by atoms with E-state index in [9.17, 15) is 9.59 Å². The molecule has 3 aromatic rings. The minimum atomic E-state index is -0.374. The fourth-order valence-corrected chi connectivity index (χ4v) is 4.26. The Morgan fingerprint density at radius 1 is 1.18 bits per heavy atom. The Bertz CT molecular complexity index is 1330. The highest BCUT2D eigenvalue weighted by Gasteiger charge is 2.19. The van der Waals surface area contributed by atoms with Crippen molar-refractivity contribution in [3.63, 3.8) is 0 Å². The highest BCUT2D eigenvalue weighted by Crippen LogP contribution is 2.26. The highest BCUT2D eigenvalue weighted by molar-refractivity contribution is 6.05. The quantitative estimate of drug-likeness (QED) is 0.234. The first-order valence-electron chi connectivity index (χ1n) is 12.8. The molecule has 0 saturated heterocycles. The standard InChI is InChI=1S/C29H39N7O2/c1-18(2)33-27-24(15-30)23(28(37)32-16-25-19(3)13-20(4)34-29(25)38)14-26(35-27)22-9-7-21(8-10-22)17-36(6)12-11-31-5/h7-10,13-15,18,30-31H,11-12,16-17H2,1-6H3,(H,32,37)(H,33,35)(H,34,38). The molecule has 0 spiro atoms. The van der Waals surface area contributed by atoms with Gasteiger partial charge in [-0.05, 0) is 65.0 Å². The largest absolute Gasteiger partial charge is 0.367 e. The Kier molecular flexibility index (Phi) is 9.92. The predicted molar refractivity (Wildman–Crippen MR) is 154 cm³/mol. The maximum atomic E-state index is 13.4. The van der Waals surface area contributed by atoms with Crippen molar-refractivity contribution in [2.24, 2.45) is 0 Å². The van der Waals surface area contributed by atoms with Gasteiger partial charge in [0, 0.05) is 60.8 Å². The number of pyridine rings is 2. The summed E-state index contributed by atoms with van der Waals surface area (Å²) in [5.74, 6) is 0.0963. The van der Waals surface area contributed by atoms with E-state index < -0.39 is 0 Å². The van der Waals surface area contributed by atoms with E-state index in [-0.39, 0.29) is 24.1 Å². The van der Waals surface area contributed by atoms with Gasteiger partial charge in [0.2, 0.25) is 0 Å². The summed E-state index contributed by atoms with van der Waals surface area (Å²) in [5, 5.41) is 17.3. The summed E-state index contributed by atoms with van der Waals surface area (Å²) in [4.78, 5) is 35.6. The Morgan fingerprint density at radius 3 is 2.50 bits per heavy atom. The number of rotatable bonds is 12. The SMILES string of the molecule is CNCCN(C)Cc1ccc(-c2cc(C(=O)NCc3c(C)cc(C)[nH]c3=O)c(C=N)c(NC(C)C)n2)cc1. The Morgan fingerprint density at radius 2 is 1.89 bits per heavy atom. The van der Waals surface area contributed by atoms with Crippen LogP contribution in [-0.4, -0.2) is 60.2 Å². The smallest absolute Gasteiger partial charge is 0.253 e. The summed E-state index contributed by atoms with van der Waals surface area (Å²) in [6.45, 7) is 10.4. The van der Waals surface area contributed by atoms with Crippen molar-refractivity contribution in [1.29, 1.82) is 5.41 Å². The van der Waals surface area contributed by atoms with Crippen LogP contribution in [0.2, 0.25) is 0 Å². The number of carbonyl (C=O) groups is 1. The summed E-state index contributed by atoms with van der Waals surface area (Å²) in [6.07, 6.45) is 1.14. The molecule has 1 aromatic carbocycles. The van der Waals surface area contributed by atoms with Crippen molar-refractivity contribution in [3.8, 4) is 11.3 Å². The molecule has 5 N–H and O–H groups in total. The van der Waals surface area contributed by atoms with Crippen LogP contribution in [0.1, 0.15) is 52.2 Å². The second kappa shape index (κ2) is 13.1. The minimum absolute atomic E-state index is 0.0525. The van der Waals surface area contributed by atoms with Gasteiger partial charge >= 0.3 is 0 Å². The number of benzene rings is 1. The lowest BCUT2D eigenvalue weighted by Crippen LogP contribution is -2.29. The van der Waals surface area contributed by atoms with Crippen molar-refractivity contribution in [2.75, 3.05) is 32.5 Å². The molecule has 0 aliphatic rings. The first-order valence-corrected chi connectivity index (χ1v) is 12.8. The van der Waals surface area contributed by atoms with E-state index in [2.05, 4.69) is 45.0 Å². The fourth-order valence-electron chi connectivity index (χ4n) is 4.26. The zero-order valence-electron chi connectivity index (χ0n) is 23.2. The predicted octanol–water partition coefficient (Wildman–Crippen LogP) is 3.45. The molecule has 0 unspecified atom stereocenters. The van der Waals surface area contributed by atoms with E-state index in [0.717, 1.165) is 42.7 Å². The molecule has 2 heterocycles. The summed E-state index contributed by atoms with van der Waals surface area (Å²) in [7, 11) is 4.03. The van der Waals surface area contributed by atoms with Crippen LogP contribution in [0, 0.1) is 19.3 Å². The van der Waals surface area contributed by atoms with Crippen LogP contribution in [0.3, 0.4) is 0 Å². The van der Waals surface area contributed by atoms with Crippen LogP contribution in [0.25, 0.3) is 11.3 Å². The third-order valence-corrected chi connectivity index (χ3v) is 6.24. The van der Waals surface area contributed by atoms with Crippen molar-refractivity contribution in [1.82, 2.24) is 25.5 Å². The van der Waals surface area contributed by atoms with E-state index in [4.69, 9.17) is 10.4 Å². The number of hydrogen-bond donors (Lipinski definition) is 5. The van der Waals surface area contributed by atoms with Gasteiger partial charge < -0.3 is 31.2 Å². The Labute approximate surface area is 224 Å². The molecular formula is C29H39N7O2. The molecule has 9 heteroatoms. The van der Waals surface area contributed by atoms with E-state index >= 15 is 0 Å². The molecular weight excluding hydrogens is 478 g/mol. The summed E-state index contributed by atoms with van der Waals surface area (Å²) in [6, 6.07) is 11.8. The van der Waals surface area contributed by atoms with E-state index in [1.165, 1.54) is 5.56 Å². The number of nitrogens with one attached hydrogen (secondary N) is 5. The number of nitrogens with zero attached hydrogens (tertiary/aromatic N) is 2. The third-order valence-electron chi connectivity index (χ3n) is 6.24. The van der Waals surface area contributed by atoms with Crippen molar-refractivity contribution in [3.05, 3.63) is 80.3 Å². The molecule has 9 nitrogen and oxygen atoms in total. The van der Waals surface area contributed by atoms with E-state index in [1.54, 1.807) is 6.07 Å². The number of hydrogen-bond acceptors (Lipinski definition) is 7. The molecule has 0 fully saturated rings. The van der Waals surface area contributed by atoms with E-state index in [1.807, 2.05) is 52.9 Å². The van der Waals surface area contributed by atoms with Crippen LogP contribution in [0.15, 0.2) is 41.2 Å². The molecule has 0 saturated carbocycles. The number of aryl methyl sites for hydroxylation is 2. The van der Waals surface area contributed by atoms with Crippen LogP contribution in [-0.2, 0) is 13.1 Å². The number of amides is 1. The average Bonchev–Trinajstić information content (AvgIpc) is 2.86. The lowest BCUT2D eigenvalue weighted by Gasteiger charge is -2.18. The first kappa shape index (κ1) is 28.7. The number of anilines is 1. The maximum Gasteiger partial charge on any atom is 0.253 e. The van der Waals surface area contributed by atoms with Gasteiger partial charge in [-0.15, -0.1) is 0 Å². The normalized spacial score (nSPS) is 11.2. The molecule has 202 valence electrons. The summed E-state index contributed by atoms with van der Waals surface area (Å²) in [5.41, 5.74) is 5.27. The van der Waals surface area contributed by atoms with Gasteiger partial charge in [-0.25, -0.2) is 4.98 Å². The maximum absolute atomic E-state index is 13.4. The highest BCUT2D eigenvalue weighted by atomic mass is 16.1. The van der Waals surface area contributed by atoms with Crippen LogP contribution >= 0.6 is 0 Å². The topological polar surface area (TPSA) is 126 Å². The van der Waals surface area contributed by atoms with Gasteiger partial charge in [-0.3, -0.25) is 9.59 Å².